The summed E-state index contributed by atoms with van der Waals surface area (Å²) in [6.07, 6.45) is 0.264. The van der Waals surface area contributed by atoms with Crippen LogP contribution in [0.4, 0.5) is 0 Å². The van der Waals surface area contributed by atoms with Gasteiger partial charge in [-0.3, -0.25) is 4.79 Å². The lowest BCUT2D eigenvalue weighted by Crippen LogP contribution is -2.30. The number of halogens is 1. The van der Waals surface area contributed by atoms with Crippen LogP contribution in [0.5, 0.6) is 5.75 Å². The van der Waals surface area contributed by atoms with Crippen LogP contribution in [0.3, 0.4) is 0 Å². The summed E-state index contributed by atoms with van der Waals surface area (Å²) < 4.78 is 5.73. The van der Waals surface area contributed by atoms with Gasteiger partial charge in [-0.15, -0.1) is 11.3 Å². The van der Waals surface area contributed by atoms with Crippen molar-refractivity contribution in [3.05, 3.63) is 117 Å². The Bertz CT molecular complexity index is 1120. The van der Waals surface area contributed by atoms with E-state index in [0.29, 0.717) is 11.6 Å². The average molecular weight is 449 g/mol. The molecule has 0 bridgehead atoms. The largest absolute Gasteiger partial charge is 0.487 e. The van der Waals surface area contributed by atoms with Crippen molar-refractivity contribution in [1.82, 2.24) is 10.3 Å². The van der Waals surface area contributed by atoms with Crippen LogP contribution in [0.25, 0.3) is 0 Å². The maximum atomic E-state index is 12.9. The van der Waals surface area contributed by atoms with Gasteiger partial charge in [-0.2, -0.15) is 0 Å². The van der Waals surface area contributed by atoms with Gasteiger partial charge in [-0.1, -0.05) is 72.3 Å². The summed E-state index contributed by atoms with van der Waals surface area (Å²) in [6, 6.07) is 24.7. The molecule has 0 saturated carbocycles. The number of benzene rings is 3. The van der Waals surface area contributed by atoms with Crippen LogP contribution in [0.1, 0.15) is 28.4 Å². The predicted octanol–water partition coefficient (Wildman–Crippen LogP) is 5.82. The van der Waals surface area contributed by atoms with E-state index >= 15 is 0 Å². The zero-order chi connectivity index (χ0) is 21.5. The van der Waals surface area contributed by atoms with Gasteiger partial charge in [-0.05, 0) is 34.9 Å². The molecular weight excluding hydrogens is 428 g/mol. The van der Waals surface area contributed by atoms with Gasteiger partial charge in [0.05, 0.1) is 23.7 Å². The van der Waals surface area contributed by atoms with Gasteiger partial charge in [0.2, 0.25) is 5.91 Å². The van der Waals surface area contributed by atoms with Gasteiger partial charge in [0.25, 0.3) is 0 Å². The zero-order valence-corrected chi connectivity index (χ0v) is 18.3. The zero-order valence-electron chi connectivity index (χ0n) is 16.7. The van der Waals surface area contributed by atoms with Crippen LogP contribution in [0.2, 0.25) is 5.02 Å². The molecule has 4 aromatic rings. The van der Waals surface area contributed by atoms with Gasteiger partial charge >= 0.3 is 0 Å². The Morgan fingerprint density at radius 1 is 1.00 bits per heavy atom. The molecule has 1 atom stereocenters. The molecule has 4 nitrogen and oxygen atoms in total. The van der Waals surface area contributed by atoms with E-state index < -0.39 is 0 Å². The molecule has 1 unspecified atom stereocenters. The number of hydrogen-bond donors (Lipinski definition) is 1. The average Bonchev–Trinajstić information content (AvgIpc) is 3.32. The summed E-state index contributed by atoms with van der Waals surface area (Å²) >= 11 is 7.97. The number of carbonyl (C=O) groups excluding carboxylic acids is 1. The first-order chi connectivity index (χ1) is 15.2. The van der Waals surface area contributed by atoms with Gasteiger partial charge < -0.3 is 10.1 Å². The second-order valence-electron chi connectivity index (χ2n) is 7.02. The minimum atomic E-state index is -0.317. The summed E-state index contributed by atoms with van der Waals surface area (Å²) in [5.41, 5.74) is 5.44. The third kappa shape index (κ3) is 5.72. The highest BCUT2D eigenvalue weighted by Gasteiger charge is 2.19. The van der Waals surface area contributed by atoms with Crippen molar-refractivity contribution in [2.75, 3.05) is 0 Å². The van der Waals surface area contributed by atoms with Crippen LogP contribution >= 0.6 is 22.9 Å². The highest BCUT2D eigenvalue weighted by molar-refractivity contribution is 7.07. The molecule has 156 valence electrons. The fourth-order valence-corrected chi connectivity index (χ4v) is 4.05. The number of rotatable bonds is 8. The molecule has 0 radical (unpaired) electrons. The van der Waals surface area contributed by atoms with Crippen molar-refractivity contribution >= 4 is 28.8 Å². The number of thiazole rings is 1. The molecule has 31 heavy (non-hydrogen) atoms. The minimum absolute atomic E-state index is 0.0788. The SMILES string of the molecule is O=C(Cc1ccc(OCc2cscn2)cc1)NC(c1ccccc1)c1ccccc1Cl. The van der Waals surface area contributed by atoms with E-state index in [1.807, 2.05) is 84.2 Å². The minimum Gasteiger partial charge on any atom is -0.487 e. The van der Waals surface area contributed by atoms with E-state index in [-0.39, 0.29) is 18.4 Å². The summed E-state index contributed by atoms with van der Waals surface area (Å²) in [6.45, 7) is 0.430. The molecule has 1 heterocycles. The predicted molar refractivity (Wildman–Crippen MR) is 124 cm³/mol. The van der Waals surface area contributed by atoms with Crippen molar-refractivity contribution in [2.45, 2.75) is 19.1 Å². The van der Waals surface area contributed by atoms with Gasteiger partial charge in [-0.25, -0.2) is 4.98 Å². The van der Waals surface area contributed by atoms with Crippen LogP contribution < -0.4 is 10.1 Å². The Balaban J connectivity index is 1.42. The lowest BCUT2D eigenvalue weighted by atomic mass is 9.98. The first-order valence-corrected chi connectivity index (χ1v) is 11.2. The molecule has 6 heteroatoms. The second kappa shape index (κ2) is 10.2. The molecule has 3 aromatic carbocycles. The third-order valence-corrected chi connectivity index (χ3v) is 5.79. The Labute approximate surface area is 190 Å². The Hall–Kier alpha value is -3.15. The maximum absolute atomic E-state index is 12.9. The van der Waals surface area contributed by atoms with Gasteiger partial charge in [0.15, 0.2) is 0 Å². The molecule has 0 fully saturated rings. The van der Waals surface area contributed by atoms with Gasteiger partial charge in [0, 0.05) is 10.4 Å². The molecule has 0 aliphatic heterocycles. The number of aromatic nitrogens is 1. The Morgan fingerprint density at radius 2 is 1.74 bits per heavy atom. The van der Waals surface area contributed by atoms with Crippen molar-refractivity contribution in [3.8, 4) is 5.75 Å². The van der Waals surface area contributed by atoms with E-state index in [9.17, 15) is 4.79 Å². The number of hydrogen-bond acceptors (Lipinski definition) is 4. The van der Waals surface area contributed by atoms with Crippen LogP contribution in [-0.2, 0) is 17.8 Å². The maximum Gasteiger partial charge on any atom is 0.225 e. The molecule has 4 rings (SSSR count). The van der Waals surface area contributed by atoms with Crippen molar-refractivity contribution in [3.63, 3.8) is 0 Å². The number of ether oxygens (including phenoxy) is 1. The monoisotopic (exact) mass is 448 g/mol. The molecule has 1 N–H and O–H groups in total. The molecule has 0 aliphatic rings. The molecule has 1 aromatic heterocycles. The first-order valence-electron chi connectivity index (χ1n) is 9.86. The molecule has 0 aliphatic carbocycles. The number of carbonyl (C=O) groups is 1. The molecule has 0 spiro atoms. The second-order valence-corrected chi connectivity index (χ2v) is 8.15. The highest BCUT2D eigenvalue weighted by atomic mass is 35.5. The highest BCUT2D eigenvalue weighted by Crippen LogP contribution is 2.28. The van der Waals surface area contributed by atoms with Gasteiger partial charge in [0.1, 0.15) is 12.4 Å². The number of nitrogens with one attached hydrogen (secondary N) is 1. The number of amides is 1. The summed E-state index contributed by atoms with van der Waals surface area (Å²) in [4.78, 5) is 17.1. The summed E-state index contributed by atoms with van der Waals surface area (Å²) in [5.74, 6) is 0.667. The Morgan fingerprint density at radius 3 is 2.45 bits per heavy atom. The van der Waals surface area contributed by atoms with Crippen molar-refractivity contribution in [1.29, 1.82) is 0 Å². The van der Waals surface area contributed by atoms with Crippen LogP contribution in [0.15, 0.2) is 89.8 Å². The van der Waals surface area contributed by atoms with Crippen LogP contribution in [-0.4, -0.2) is 10.9 Å². The van der Waals surface area contributed by atoms with Crippen LogP contribution in [0, 0.1) is 0 Å². The fourth-order valence-electron chi connectivity index (χ4n) is 3.26. The fraction of sp³-hybridized carbons (Fsp3) is 0.120. The quantitative estimate of drug-likeness (QED) is 0.369. The van der Waals surface area contributed by atoms with E-state index in [0.717, 1.165) is 28.1 Å². The standard InChI is InChI=1S/C25H21ClN2O2S/c26-23-9-5-4-8-22(23)25(19-6-2-1-3-7-19)28-24(29)14-18-10-12-21(13-11-18)30-15-20-16-31-17-27-20/h1-13,16-17,25H,14-15H2,(H,28,29). The molecule has 0 saturated heterocycles. The topological polar surface area (TPSA) is 51.2 Å². The molecule has 1 amide bonds. The first kappa shape index (κ1) is 21.1. The number of nitrogens with zero attached hydrogens (tertiary/aromatic N) is 1. The van der Waals surface area contributed by atoms with Crippen molar-refractivity contribution < 1.29 is 9.53 Å². The van der Waals surface area contributed by atoms with E-state index in [2.05, 4.69) is 10.3 Å². The molecular formula is C25H21ClN2O2S. The van der Waals surface area contributed by atoms with E-state index in [1.54, 1.807) is 16.8 Å². The summed E-state index contributed by atoms with van der Waals surface area (Å²) in [7, 11) is 0. The Kier molecular flexibility index (Phi) is 6.97. The lowest BCUT2D eigenvalue weighted by Gasteiger charge is -2.21. The summed E-state index contributed by atoms with van der Waals surface area (Å²) in [5, 5.41) is 5.72. The van der Waals surface area contributed by atoms with E-state index in [4.69, 9.17) is 16.3 Å². The smallest absolute Gasteiger partial charge is 0.225 e. The van der Waals surface area contributed by atoms with E-state index in [1.165, 1.54) is 0 Å². The van der Waals surface area contributed by atoms with Crippen molar-refractivity contribution in [2.24, 2.45) is 0 Å². The third-order valence-electron chi connectivity index (χ3n) is 4.81. The lowest BCUT2D eigenvalue weighted by molar-refractivity contribution is -0.120. The normalized spacial score (nSPS) is 11.6.